The van der Waals surface area contributed by atoms with Gasteiger partial charge in [-0.1, -0.05) is 0 Å². The molecule has 1 aliphatic rings. The molecule has 0 spiro atoms. The topological polar surface area (TPSA) is 51.0 Å². The Morgan fingerprint density at radius 2 is 2.12 bits per heavy atom. The number of aryl methyl sites for hydroxylation is 1. The number of rotatable bonds is 7. The Kier molecular flexibility index (Phi) is 5.67. The van der Waals surface area contributed by atoms with Crippen molar-refractivity contribution in [1.82, 2.24) is 19.7 Å². The van der Waals surface area contributed by atoms with Crippen molar-refractivity contribution >= 4 is 17.7 Å². The standard InChI is InChI=1S/C17H20F2N4OS/c1-25-10-7-15-20-16(6-9-22-8-2-3-17(22)24)23(21-15)14-5-4-12(18)11-13(14)19/h4-5,11H,2-3,6-10H2,1H3. The van der Waals surface area contributed by atoms with E-state index >= 15 is 0 Å². The van der Waals surface area contributed by atoms with Gasteiger partial charge < -0.3 is 4.90 Å². The van der Waals surface area contributed by atoms with E-state index in [1.54, 1.807) is 16.7 Å². The Labute approximate surface area is 149 Å². The average Bonchev–Trinajstić information content (AvgIpc) is 3.17. The highest BCUT2D eigenvalue weighted by Crippen LogP contribution is 2.18. The lowest BCUT2D eigenvalue weighted by atomic mass is 10.3. The van der Waals surface area contributed by atoms with Gasteiger partial charge in [-0.15, -0.1) is 0 Å². The highest BCUT2D eigenvalue weighted by Gasteiger charge is 2.21. The zero-order valence-corrected chi connectivity index (χ0v) is 14.9. The first-order valence-corrected chi connectivity index (χ1v) is 9.65. The SMILES string of the molecule is CSCCc1nc(CCN2CCCC2=O)n(-c2ccc(F)cc2F)n1. The third-order valence-electron chi connectivity index (χ3n) is 4.16. The molecule has 1 amide bonds. The molecule has 1 saturated heterocycles. The van der Waals surface area contributed by atoms with Crippen LogP contribution in [0.3, 0.4) is 0 Å². The summed E-state index contributed by atoms with van der Waals surface area (Å²) in [6.07, 6.45) is 4.60. The Morgan fingerprint density at radius 3 is 2.80 bits per heavy atom. The summed E-state index contributed by atoms with van der Waals surface area (Å²) in [4.78, 5) is 18.1. The van der Waals surface area contributed by atoms with Gasteiger partial charge in [-0.2, -0.15) is 16.9 Å². The fourth-order valence-electron chi connectivity index (χ4n) is 2.87. The van der Waals surface area contributed by atoms with E-state index in [0.29, 0.717) is 37.5 Å². The molecule has 0 aliphatic carbocycles. The van der Waals surface area contributed by atoms with Crippen molar-refractivity contribution in [2.24, 2.45) is 0 Å². The molecule has 0 bridgehead atoms. The van der Waals surface area contributed by atoms with Crippen LogP contribution >= 0.6 is 11.8 Å². The maximum absolute atomic E-state index is 14.2. The minimum absolute atomic E-state index is 0.140. The van der Waals surface area contributed by atoms with E-state index in [1.807, 2.05) is 6.26 Å². The molecule has 1 aromatic carbocycles. The van der Waals surface area contributed by atoms with Crippen LogP contribution in [-0.2, 0) is 17.6 Å². The predicted octanol–water partition coefficient (Wildman–Crippen LogP) is 2.62. The fourth-order valence-corrected chi connectivity index (χ4v) is 3.26. The first kappa shape index (κ1) is 17.8. The molecule has 5 nitrogen and oxygen atoms in total. The summed E-state index contributed by atoms with van der Waals surface area (Å²) in [5.41, 5.74) is 0.173. The van der Waals surface area contributed by atoms with Gasteiger partial charge in [-0.3, -0.25) is 4.79 Å². The van der Waals surface area contributed by atoms with E-state index in [4.69, 9.17) is 0 Å². The van der Waals surface area contributed by atoms with Crippen molar-refractivity contribution in [3.05, 3.63) is 41.5 Å². The third-order valence-corrected chi connectivity index (χ3v) is 4.77. The van der Waals surface area contributed by atoms with Crippen LogP contribution in [0.4, 0.5) is 8.78 Å². The summed E-state index contributed by atoms with van der Waals surface area (Å²) in [6.45, 7) is 1.28. The summed E-state index contributed by atoms with van der Waals surface area (Å²) < 4.78 is 28.8. The molecule has 1 fully saturated rings. The monoisotopic (exact) mass is 366 g/mol. The molecule has 0 radical (unpaired) electrons. The fraction of sp³-hybridized carbons (Fsp3) is 0.471. The maximum Gasteiger partial charge on any atom is 0.222 e. The van der Waals surface area contributed by atoms with E-state index < -0.39 is 11.6 Å². The number of carbonyl (C=O) groups excluding carboxylic acids is 1. The van der Waals surface area contributed by atoms with Gasteiger partial charge in [-0.05, 0) is 24.8 Å². The minimum Gasteiger partial charge on any atom is -0.342 e. The number of hydrogen-bond acceptors (Lipinski definition) is 4. The molecule has 1 aromatic heterocycles. The number of benzene rings is 1. The number of carbonyl (C=O) groups is 1. The van der Waals surface area contributed by atoms with Crippen molar-refractivity contribution < 1.29 is 13.6 Å². The van der Waals surface area contributed by atoms with Gasteiger partial charge in [0.25, 0.3) is 0 Å². The molecule has 0 atom stereocenters. The summed E-state index contributed by atoms with van der Waals surface area (Å²) >= 11 is 1.68. The first-order chi connectivity index (χ1) is 12.1. The second kappa shape index (κ2) is 7.95. The number of amides is 1. The van der Waals surface area contributed by atoms with Crippen LogP contribution in [0.2, 0.25) is 0 Å². The van der Waals surface area contributed by atoms with E-state index in [1.165, 1.54) is 16.8 Å². The number of likely N-dealkylation sites (tertiary alicyclic amines) is 1. The lowest BCUT2D eigenvalue weighted by Gasteiger charge is -2.15. The van der Waals surface area contributed by atoms with Crippen molar-refractivity contribution in [1.29, 1.82) is 0 Å². The van der Waals surface area contributed by atoms with Crippen LogP contribution < -0.4 is 0 Å². The van der Waals surface area contributed by atoms with Crippen LogP contribution in [-0.4, -0.2) is 50.7 Å². The normalized spacial score (nSPS) is 14.5. The molecule has 0 saturated carbocycles. The summed E-state index contributed by atoms with van der Waals surface area (Å²) in [7, 11) is 0. The highest BCUT2D eigenvalue weighted by atomic mass is 32.2. The second-order valence-corrected chi connectivity index (χ2v) is 6.91. The van der Waals surface area contributed by atoms with Gasteiger partial charge in [0.05, 0.1) is 0 Å². The van der Waals surface area contributed by atoms with Crippen LogP contribution in [0.25, 0.3) is 5.69 Å². The lowest BCUT2D eigenvalue weighted by molar-refractivity contribution is -0.127. The molecule has 3 rings (SSSR count). The van der Waals surface area contributed by atoms with Gasteiger partial charge in [0, 0.05) is 44.2 Å². The average molecular weight is 366 g/mol. The largest absolute Gasteiger partial charge is 0.342 e. The van der Waals surface area contributed by atoms with Gasteiger partial charge in [0.2, 0.25) is 5.91 Å². The number of aromatic nitrogens is 3. The summed E-state index contributed by atoms with van der Waals surface area (Å²) in [5.74, 6) is 0.900. The van der Waals surface area contributed by atoms with E-state index in [2.05, 4.69) is 10.1 Å². The third kappa shape index (κ3) is 4.18. The predicted molar refractivity (Wildman–Crippen MR) is 92.9 cm³/mol. The number of hydrogen-bond donors (Lipinski definition) is 0. The summed E-state index contributed by atoms with van der Waals surface area (Å²) in [6, 6.07) is 3.41. The van der Waals surface area contributed by atoms with Crippen molar-refractivity contribution in [2.45, 2.75) is 25.7 Å². The molecule has 0 unspecified atom stereocenters. The van der Waals surface area contributed by atoms with Gasteiger partial charge >= 0.3 is 0 Å². The number of thioether (sulfide) groups is 1. The minimum atomic E-state index is -0.681. The van der Waals surface area contributed by atoms with Crippen LogP contribution in [0.1, 0.15) is 24.5 Å². The first-order valence-electron chi connectivity index (χ1n) is 8.25. The zero-order valence-electron chi connectivity index (χ0n) is 14.0. The van der Waals surface area contributed by atoms with Crippen LogP contribution in [0.15, 0.2) is 18.2 Å². The molecular formula is C17H20F2N4OS. The molecule has 25 heavy (non-hydrogen) atoms. The van der Waals surface area contributed by atoms with Crippen molar-refractivity contribution in [3.63, 3.8) is 0 Å². The number of halogens is 2. The molecule has 134 valence electrons. The summed E-state index contributed by atoms with van der Waals surface area (Å²) in [5, 5.41) is 4.40. The number of nitrogens with zero attached hydrogens (tertiary/aromatic N) is 4. The van der Waals surface area contributed by atoms with Crippen molar-refractivity contribution in [3.8, 4) is 5.69 Å². The molecule has 1 aliphatic heterocycles. The van der Waals surface area contributed by atoms with Crippen molar-refractivity contribution in [2.75, 3.05) is 25.1 Å². The molecular weight excluding hydrogens is 346 g/mol. The molecule has 2 heterocycles. The van der Waals surface area contributed by atoms with E-state index in [-0.39, 0.29) is 11.6 Å². The Balaban J connectivity index is 1.86. The Hall–Kier alpha value is -1.96. The highest BCUT2D eigenvalue weighted by molar-refractivity contribution is 7.98. The van der Waals surface area contributed by atoms with E-state index in [0.717, 1.165) is 24.8 Å². The Bertz CT molecular complexity index is 765. The molecule has 8 heteroatoms. The zero-order chi connectivity index (χ0) is 17.8. The molecule has 2 aromatic rings. The van der Waals surface area contributed by atoms with Crippen LogP contribution in [0.5, 0.6) is 0 Å². The quantitative estimate of drug-likeness (QED) is 0.756. The molecule has 0 N–H and O–H groups in total. The second-order valence-electron chi connectivity index (χ2n) is 5.93. The van der Waals surface area contributed by atoms with Gasteiger partial charge in [0.1, 0.15) is 17.3 Å². The van der Waals surface area contributed by atoms with E-state index in [9.17, 15) is 13.6 Å². The smallest absolute Gasteiger partial charge is 0.222 e. The van der Waals surface area contributed by atoms with Crippen LogP contribution in [0, 0.1) is 11.6 Å². The maximum atomic E-state index is 14.2. The van der Waals surface area contributed by atoms with Gasteiger partial charge in [-0.25, -0.2) is 18.4 Å². The van der Waals surface area contributed by atoms with Gasteiger partial charge in [0.15, 0.2) is 11.6 Å². The lowest BCUT2D eigenvalue weighted by Crippen LogP contribution is -2.27. The Morgan fingerprint density at radius 1 is 1.28 bits per heavy atom.